The van der Waals surface area contributed by atoms with E-state index in [2.05, 4.69) is 15.9 Å². The zero-order chi connectivity index (χ0) is 14.7. The first kappa shape index (κ1) is 15.1. The average Bonchev–Trinajstić information content (AvgIpc) is 2.91. The molecule has 1 atom stereocenters. The van der Waals surface area contributed by atoms with Gasteiger partial charge in [-0.1, -0.05) is 15.9 Å². The fourth-order valence-electron chi connectivity index (χ4n) is 2.36. The third-order valence-corrected chi connectivity index (χ3v) is 4.17. The number of hydrogen-bond acceptors (Lipinski definition) is 4. The lowest BCUT2D eigenvalue weighted by molar-refractivity contribution is -0.138. The summed E-state index contributed by atoms with van der Waals surface area (Å²) < 4.78 is 11.8. The highest BCUT2D eigenvalue weighted by molar-refractivity contribution is 9.10. The van der Waals surface area contributed by atoms with Crippen LogP contribution in [0.15, 0.2) is 16.6 Å². The average molecular weight is 344 g/mol. The van der Waals surface area contributed by atoms with Crippen LogP contribution in [0.4, 0.5) is 0 Å². The largest absolute Gasteiger partial charge is 0.493 e. The second kappa shape index (κ2) is 6.45. The number of halogens is 1. The van der Waals surface area contributed by atoms with E-state index in [-0.39, 0.29) is 6.10 Å². The van der Waals surface area contributed by atoms with Crippen LogP contribution in [-0.2, 0) is 4.79 Å². The van der Waals surface area contributed by atoms with Crippen molar-refractivity contribution < 1.29 is 19.4 Å². The first-order chi connectivity index (χ1) is 9.52. The van der Waals surface area contributed by atoms with E-state index in [0.717, 1.165) is 12.8 Å². The van der Waals surface area contributed by atoms with Crippen LogP contribution in [-0.4, -0.2) is 24.3 Å². The van der Waals surface area contributed by atoms with E-state index in [1.165, 1.54) is 20.0 Å². The summed E-state index contributed by atoms with van der Waals surface area (Å²) in [5.74, 6) is 0.0385. The summed E-state index contributed by atoms with van der Waals surface area (Å²) in [6, 6.07) is 2.25. The molecule has 0 aromatic heterocycles. The Morgan fingerprint density at radius 1 is 1.40 bits per heavy atom. The molecule has 1 aliphatic rings. The molecule has 1 fully saturated rings. The lowest BCUT2D eigenvalue weighted by atomic mass is 10.1. The third kappa shape index (κ3) is 3.24. The molecule has 110 valence electrons. The van der Waals surface area contributed by atoms with Gasteiger partial charge in [0, 0.05) is 4.47 Å². The number of nitrogens with two attached hydrogens (primary N) is 1. The van der Waals surface area contributed by atoms with Gasteiger partial charge in [0.15, 0.2) is 11.5 Å². The van der Waals surface area contributed by atoms with E-state index in [9.17, 15) is 4.79 Å². The van der Waals surface area contributed by atoms with Crippen molar-refractivity contribution in [3.63, 3.8) is 0 Å². The topological polar surface area (TPSA) is 81.8 Å². The summed E-state index contributed by atoms with van der Waals surface area (Å²) in [4.78, 5) is 11.0. The fraction of sp³-hybridized carbons (Fsp3) is 0.500. The summed E-state index contributed by atoms with van der Waals surface area (Å²) in [5.41, 5.74) is 6.12. The van der Waals surface area contributed by atoms with Crippen molar-refractivity contribution in [2.24, 2.45) is 5.73 Å². The third-order valence-electron chi connectivity index (χ3n) is 3.48. The van der Waals surface area contributed by atoms with E-state index in [0.29, 0.717) is 21.5 Å². The second-order valence-electron chi connectivity index (χ2n) is 4.86. The molecule has 5 nitrogen and oxygen atoms in total. The standard InChI is InChI=1S/C14H18BrNO4/c1-19-11-6-9(13(16)14(17)18)10(15)7-12(11)20-8-4-2-3-5-8/h6-8,13H,2-5,16H2,1H3,(H,17,18). The van der Waals surface area contributed by atoms with Crippen LogP contribution in [0.5, 0.6) is 11.5 Å². The molecule has 1 aliphatic carbocycles. The van der Waals surface area contributed by atoms with Gasteiger partial charge in [-0.15, -0.1) is 0 Å². The minimum absolute atomic E-state index is 0.204. The predicted molar refractivity (Wildman–Crippen MR) is 78.1 cm³/mol. The highest BCUT2D eigenvalue weighted by Crippen LogP contribution is 2.37. The molecule has 1 aromatic carbocycles. The van der Waals surface area contributed by atoms with Crippen molar-refractivity contribution in [3.8, 4) is 11.5 Å². The van der Waals surface area contributed by atoms with Crippen molar-refractivity contribution in [1.82, 2.24) is 0 Å². The van der Waals surface area contributed by atoms with Gasteiger partial charge in [0.1, 0.15) is 6.04 Å². The van der Waals surface area contributed by atoms with Crippen molar-refractivity contribution in [3.05, 3.63) is 22.2 Å². The van der Waals surface area contributed by atoms with Gasteiger partial charge in [0.25, 0.3) is 0 Å². The Hall–Kier alpha value is -1.27. The highest BCUT2D eigenvalue weighted by atomic mass is 79.9. The molecular weight excluding hydrogens is 326 g/mol. The minimum atomic E-state index is -1.10. The molecule has 0 amide bonds. The molecule has 0 aliphatic heterocycles. The molecule has 0 spiro atoms. The number of carbonyl (C=O) groups is 1. The Morgan fingerprint density at radius 2 is 2.05 bits per heavy atom. The van der Waals surface area contributed by atoms with Crippen LogP contribution in [0.1, 0.15) is 37.3 Å². The molecule has 1 saturated carbocycles. The Labute approximate surface area is 126 Å². The van der Waals surface area contributed by atoms with E-state index >= 15 is 0 Å². The van der Waals surface area contributed by atoms with Gasteiger partial charge < -0.3 is 20.3 Å². The number of carboxylic acid groups (broad SMARTS) is 1. The zero-order valence-corrected chi connectivity index (χ0v) is 12.9. The number of methoxy groups -OCH3 is 1. The first-order valence-electron chi connectivity index (χ1n) is 6.55. The summed E-state index contributed by atoms with van der Waals surface area (Å²) in [6.45, 7) is 0. The van der Waals surface area contributed by atoms with Gasteiger partial charge in [-0.05, 0) is 43.4 Å². The van der Waals surface area contributed by atoms with E-state index in [1.54, 1.807) is 12.1 Å². The number of ether oxygens (including phenoxy) is 2. The molecule has 6 heteroatoms. The number of hydrogen-bond donors (Lipinski definition) is 2. The predicted octanol–water partition coefficient (Wildman–Crippen LogP) is 2.86. The van der Waals surface area contributed by atoms with Crippen molar-refractivity contribution in [2.75, 3.05) is 7.11 Å². The van der Waals surface area contributed by atoms with Crippen LogP contribution in [0, 0.1) is 0 Å². The molecule has 1 aromatic rings. The van der Waals surface area contributed by atoms with Gasteiger partial charge in [-0.2, -0.15) is 0 Å². The quantitative estimate of drug-likeness (QED) is 0.858. The van der Waals surface area contributed by atoms with Gasteiger partial charge >= 0.3 is 5.97 Å². The lowest BCUT2D eigenvalue weighted by Gasteiger charge is -2.18. The normalized spacial score (nSPS) is 16.9. The number of benzene rings is 1. The molecule has 0 radical (unpaired) electrons. The molecular formula is C14H18BrNO4. The van der Waals surface area contributed by atoms with E-state index < -0.39 is 12.0 Å². The first-order valence-corrected chi connectivity index (χ1v) is 7.34. The van der Waals surface area contributed by atoms with Crippen LogP contribution in [0.2, 0.25) is 0 Å². The smallest absolute Gasteiger partial charge is 0.325 e. The molecule has 0 heterocycles. The molecule has 0 saturated heterocycles. The highest BCUT2D eigenvalue weighted by Gasteiger charge is 2.23. The van der Waals surface area contributed by atoms with Crippen LogP contribution in [0.25, 0.3) is 0 Å². The van der Waals surface area contributed by atoms with E-state index in [4.69, 9.17) is 20.3 Å². The van der Waals surface area contributed by atoms with E-state index in [1.807, 2.05) is 0 Å². The maximum atomic E-state index is 11.0. The van der Waals surface area contributed by atoms with Crippen molar-refractivity contribution in [1.29, 1.82) is 0 Å². The second-order valence-corrected chi connectivity index (χ2v) is 5.72. The Morgan fingerprint density at radius 3 is 2.60 bits per heavy atom. The molecule has 0 bridgehead atoms. The molecule has 2 rings (SSSR count). The maximum absolute atomic E-state index is 11.0. The fourth-order valence-corrected chi connectivity index (χ4v) is 2.93. The van der Waals surface area contributed by atoms with Crippen LogP contribution >= 0.6 is 15.9 Å². The monoisotopic (exact) mass is 343 g/mol. The molecule has 1 unspecified atom stereocenters. The number of rotatable bonds is 5. The van der Waals surface area contributed by atoms with Crippen molar-refractivity contribution in [2.45, 2.75) is 37.8 Å². The summed E-state index contributed by atoms with van der Waals surface area (Å²) in [5, 5.41) is 9.00. The minimum Gasteiger partial charge on any atom is -0.493 e. The summed E-state index contributed by atoms with van der Waals surface area (Å²) in [6.07, 6.45) is 4.63. The van der Waals surface area contributed by atoms with Gasteiger partial charge in [0.05, 0.1) is 13.2 Å². The summed E-state index contributed by atoms with van der Waals surface area (Å²) in [7, 11) is 1.53. The Balaban J connectivity index is 2.29. The van der Waals surface area contributed by atoms with Crippen molar-refractivity contribution >= 4 is 21.9 Å². The zero-order valence-electron chi connectivity index (χ0n) is 11.3. The molecule has 3 N–H and O–H groups in total. The Kier molecular flexibility index (Phi) is 4.88. The lowest BCUT2D eigenvalue weighted by Crippen LogP contribution is -2.21. The van der Waals surface area contributed by atoms with Crippen LogP contribution in [0.3, 0.4) is 0 Å². The number of aliphatic carboxylic acids is 1. The Bertz CT molecular complexity index is 500. The molecule has 20 heavy (non-hydrogen) atoms. The number of carboxylic acids is 1. The summed E-state index contributed by atoms with van der Waals surface area (Å²) >= 11 is 3.35. The van der Waals surface area contributed by atoms with Crippen LogP contribution < -0.4 is 15.2 Å². The van der Waals surface area contributed by atoms with Gasteiger partial charge in [-0.25, -0.2) is 0 Å². The SMILES string of the molecule is COc1cc(C(N)C(=O)O)c(Br)cc1OC1CCCC1. The van der Waals surface area contributed by atoms with Gasteiger partial charge in [0.2, 0.25) is 0 Å². The van der Waals surface area contributed by atoms with Gasteiger partial charge in [-0.3, -0.25) is 4.79 Å². The maximum Gasteiger partial charge on any atom is 0.325 e.